The molecule has 0 amide bonds. The largest absolute Gasteiger partial charge is 0.372 e. The van der Waals surface area contributed by atoms with Gasteiger partial charge in [0.2, 0.25) is 0 Å². The van der Waals surface area contributed by atoms with Crippen molar-refractivity contribution in [1.29, 1.82) is 0 Å². The van der Waals surface area contributed by atoms with Crippen molar-refractivity contribution < 1.29 is 4.74 Å². The van der Waals surface area contributed by atoms with E-state index in [2.05, 4.69) is 81.4 Å². The molecular formula is C30H51N3O. The Balaban J connectivity index is 1.63. The first-order valence-corrected chi connectivity index (χ1v) is 14.1. The SMILES string of the molecule is CCCCN1CCN(c2ccc(N3C[C@@H](C)O[C@@H](C)C3)cc2C2CC(C)(C)CC(C)(C)C2)CC1. The Morgan fingerprint density at radius 3 is 2.09 bits per heavy atom. The molecule has 192 valence electrons. The summed E-state index contributed by atoms with van der Waals surface area (Å²) in [5.74, 6) is 0.628. The Kier molecular flexibility index (Phi) is 7.89. The normalized spacial score (nSPS) is 28.3. The van der Waals surface area contributed by atoms with Gasteiger partial charge in [-0.3, -0.25) is 4.90 Å². The molecule has 1 aliphatic carbocycles. The number of hydrogen-bond donors (Lipinski definition) is 0. The smallest absolute Gasteiger partial charge is 0.0726 e. The highest BCUT2D eigenvalue weighted by Crippen LogP contribution is 2.53. The molecule has 4 nitrogen and oxygen atoms in total. The predicted octanol–water partition coefficient (Wildman–Crippen LogP) is 6.54. The molecule has 3 aliphatic rings. The van der Waals surface area contributed by atoms with Crippen molar-refractivity contribution in [3.05, 3.63) is 23.8 Å². The first-order valence-electron chi connectivity index (χ1n) is 14.1. The van der Waals surface area contributed by atoms with E-state index in [9.17, 15) is 0 Å². The molecule has 0 radical (unpaired) electrons. The highest BCUT2D eigenvalue weighted by molar-refractivity contribution is 5.64. The second-order valence-corrected chi connectivity index (χ2v) is 13.2. The van der Waals surface area contributed by atoms with Crippen LogP contribution in [0.1, 0.15) is 92.1 Å². The van der Waals surface area contributed by atoms with E-state index in [1.807, 2.05) is 0 Å². The van der Waals surface area contributed by atoms with Crippen molar-refractivity contribution in [2.24, 2.45) is 10.8 Å². The minimum atomic E-state index is 0.288. The third kappa shape index (κ3) is 6.29. The molecule has 0 spiro atoms. The highest BCUT2D eigenvalue weighted by atomic mass is 16.5. The maximum Gasteiger partial charge on any atom is 0.0726 e. The van der Waals surface area contributed by atoms with Gasteiger partial charge < -0.3 is 14.5 Å². The summed E-state index contributed by atoms with van der Waals surface area (Å²) in [5, 5.41) is 0. The Morgan fingerprint density at radius 1 is 0.882 bits per heavy atom. The Hall–Kier alpha value is -1.26. The van der Waals surface area contributed by atoms with Crippen LogP contribution in [0.15, 0.2) is 18.2 Å². The van der Waals surface area contributed by atoms with Gasteiger partial charge in [-0.25, -0.2) is 0 Å². The van der Waals surface area contributed by atoms with Gasteiger partial charge in [-0.1, -0.05) is 41.0 Å². The van der Waals surface area contributed by atoms with Crippen LogP contribution in [0.2, 0.25) is 0 Å². The van der Waals surface area contributed by atoms with Gasteiger partial charge in [0.1, 0.15) is 0 Å². The van der Waals surface area contributed by atoms with Crippen LogP contribution in [0.3, 0.4) is 0 Å². The number of ether oxygens (including phenoxy) is 1. The van der Waals surface area contributed by atoms with Crippen molar-refractivity contribution in [2.75, 3.05) is 55.6 Å². The van der Waals surface area contributed by atoms with Crippen LogP contribution >= 0.6 is 0 Å². The van der Waals surface area contributed by atoms with E-state index in [4.69, 9.17) is 4.74 Å². The molecule has 0 bridgehead atoms. The summed E-state index contributed by atoms with van der Waals surface area (Å²) in [6.07, 6.45) is 7.09. The average molecular weight is 470 g/mol. The van der Waals surface area contributed by atoms with E-state index in [0.29, 0.717) is 16.7 Å². The van der Waals surface area contributed by atoms with Gasteiger partial charge in [-0.15, -0.1) is 0 Å². The molecule has 0 unspecified atom stereocenters. The number of piperazine rings is 1. The second-order valence-electron chi connectivity index (χ2n) is 13.2. The summed E-state index contributed by atoms with van der Waals surface area (Å²) in [6.45, 7) is 24.6. The Bertz CT molecular complexity index is 785. The van der Waals surface area contributed by atoms with Crippen molar-refractivity contribution in [1.82, 2.24) is 4.90 Å². The lowest BCUT2D eigenvalue weighted by molar-refractivity contribution is -0.00522. The number of rotatable bonds is 6. The van der Waals surface area contributed by atoms with Crippen LogP contribution in [-0.4, -0.2) is 62.9 Å². The Labute approximate surface area is 210 Å². The monoisotopic (exact) mass is 469 g/mol. The number of nitrogens with zero attached hydrogens (tertiary/aromatic N) is 3. The van der Waals surface area contributed by atoms with Crippen LogP contribution in [0.25, 0.3) is 0 Å². The topological polar surface area (TPSA) is 19.0 Å². The van der Waals surface area contributed by atoms with Gasteiger partial charge >= 0.3 is 0 Å². The number of morpholine rings is 1. The quantitative estimate of drug-likeness (QED) is 0.471. The maximum absolute atomic E-state index is 6.04. The molecule has 4 rings (SSSR count). The molecule has 1 saturated carbocycles. The fourth-order valence-electron chi connectivity index (χ4n) is 7.40. The van der Waals surface area contributed by atoms with Crippen LogP contribution in [0.5, 0.6) is 0 Å². The van der Waals surface area contributed by atoms with Gasteiger partial charge in [-0.2, -0.15) is 0 Å². The lowest BCUT2D eigenvalue weighted by Gasteiger charge is -2.47. The van der Waals surface area contributed by atoms with Gasteiger partial charge in [0.05, 0.1) is 12.2 Å². The molecule has 3 fully saturated rings. The van der Waals surface area contributed by atoms with Crippen LogP contribution in [0, 0.1) is 10.8 Å². The van der Waals surface area contributed by atoms with E-state index in [1.165, 1.54) is 63.1 Å². The molecule has 2 heterocycles. The van der Waals surface area contributed by atoms with Crippen molar-refractivity contribution in [3.8, 4) is 0 Å². The summed E-state index contributed by atoms with van der Waals surface area (Å²) in [5.41, 5.74) is 5.28. The van der Waals surface area contributed by atoms with E-state index in [0.717, 1.165) is 26.2 Å². The molecule has 4 heteroatoms. The minimum Gasteiger partial charge on any atom is -0.372 e. The van der Waals surface area contributed by atoms with Crippen LogP contribution < -0.4 is 9.80 Å². The van der Waals surface area contributed by atoms with E-state index in [1.54, 1.807) is 5.56 Å². The van der Waals surface area contributed by atoms with Gasteiger partial charge in [0.25, 0.3) is 0 Å². The fraction of sp³-hybridized carbons (Fsp3) is 0.800. The van der Waals surface area contributed by atoms with Gasteiger partial charge in [0.15, 0.2) is 0 Å². The molecular weight excluding hydrogens is 418 g/mol. The van der Waals surface area contributed by atoms with E-state index >= 15 is 0 Å². The number of unbranched alkanes of at least 4 members (excludes halogenated alkanes) is 1. The number of hydrogen-bond acceptors (Lipinski definition) is 4. The highest BCUT2D eigenvalue weighted by Gasteiger charge is 2.40. The third-order valence-corrected chi connectivity index (χ3v) is 8.33. The summed E-state index contributed by atoms with van der Waals surface area (Å²) in [6, 6.07) is 7.43. The van der Waals surface area contributed by atoms with E-state index < -0.39 is 0 Å². The van der Waals surface area contributed by atoms with Crippen molar-refractivity contribution in [2.45, 2.75) is 98.7 Å². The Morgan fingerprint density at radius 2 is 1.50 bits per heavy atom. The van der Waals surface area contributed by atoms with Gasteiger partial charge in [0, 0.05) is 50.6 Å². The zero-order chi connectivity index (χ0) is 24.5. The molecule has 1 aromatic rings. The lowest BCUT2D eigenvalue weighted by atomic mass is 9.60. The molecule has 34 heavy (non-hydrogen) atoms. The lowest BCUT2D eigenvalue weighted by Crippen LogP contribution is -2.47. The zero-order valence-corrected chi connectivity index (χ0v) is 23.2. The minimum absolute atomic E-state index is 0.288. The van der Waals surface area contributed by atoms with Crippen LogP contribution in [0.4, 0.5) is 11.4 Å². The second kappa shape index (κ2) is 10.4. The van der Waals surface area contributed by atoms with Crippen LogP contribution in [-0.2, 0) is 4.74 Å². The average Bonchev–Trinajstić information content (AvgIpc) is 2.75. The first-order chi connectivity index (χ1) is 16.0. The standard InChI is InChI=1S/C30H51N3O/c1-8-9-12-31-13-15-32(16-14-31)28-11-10-26(33-20-23(2)34-24(3)21-33)17-27(28)25-18-29(4,5)22-30(6,7)19-25/h10-11,17,23-25H,8-9,12-16,18-22H2,1-7H3/t23-,24+. The molecule has 2 atom stereocenters. The van der Waals surface area contributed by atoms with E-state index in [-0.39, 0.29) is 12.2 Å². The summed E-state index contributed by atoms with van der Waals surface area (Å²) in [4.78, 5) is 7.92. The molecule has 2 saturated heterocycles. The molecule has 0 N–H and O–H groups in total. The molecule has 0 aromatic heterocycles. The fourth-order valence-corrected chi connectivity index (χ4v) is 7.40. The summed E-state index contributed by atoms with van der Waals surface area (Å²) >= 11 is 0. The molecule has 1 aromatic carbocycles. The number of benzene rings is 1. The zero-order valence-electron chi connectivity index (χ0n) is 23.2. The molecule has 2 aliphatic heterocycles. The summed E-state index contributed by atoms with van der Waals surface area (Å²) < 4.78 is 6.04. The number of anilines is 2. The third-order valence-electron chi connectivity index (χ3n) is 8.33. The van der Waals surface area contributed by atoms with Crippen molar-refractivity contribution in [3.63, 3.8) is 0 Å². The van der Waals surface area contributed by atoms with Gasteiger partial charge in [-0.05, 0) is 86.6 Å². The predicted molar refractivity (Wildman–Crippen MR) is 146 cm³/mol. The summed E-state index contributed by atoms with van der Waals surface area (Å²) in [7, 11) is 0. The van der Waals surface area contributed by atoms with Crippen molar-refractivity contribution >= 4 is 11.4 Å². The maximum atomic E-state index is 6.04. The first kappa shape index (κ1) is 25.8.